The van der Waals surface area contributed by atoms with E-state index in [-0.39, 0.29) is 12.5 Å². The highest BCUT2D eigenvalue weighted by Crippen LogP contribution is 2.38. The van der Waals surface area contributed by atoms with E-state index in [0.717, 1.165) is 25.7 Å². The molecule has 3 unspecified atom stereocenters. The lowest BCUT2D eigenvalue weighted by molar-refractivity contribution is -0.870. The molecule has 0 aliphatic carbocycles. The van der Waals surface area contributed by atoms with Gasteiger partial charge in [-0.05, 0) is 38.5 Å². The molecule has 1 amide bonds. The van der Waals surface area contributed by atoms with Crippen LogP contribution in [0.3, 0.4) is 0 Å². The number of amides is 1. The number of carbonyl (C=O) groups excluding carboxylic acids is 1. The molecule has 2 N–H and O–H groups in total. The number of rotatable bonds is 30. The molecule has 0 spiro atoms. The van der Waals surface area contributed by atoms with Gasteiger partial charge in [-0.2, -0.15) is 0 Å². The van der Waals surface area contributed by atoms with Gasteiger partial charge in [-0.25, -0.2) is 0 Å². The number of nitrogens with zero attached hydrogens (tertiary/aromatic N) is 1. The van der Waals surface area contributed by atoms with Crippen molar-refractivity contribution in [2.24, 2.45) is 0 Å². The Labute approximate surface area is 270 Å². The van der Waals surface area contributed by atoms with Crippen molar-refractivity contribution in [3.63, 3.8) is 0 Å². The standard InChI is InChI=1S/C35H67N2O6P/c1-6-7-8-9-10-11-12-13-14-15-16-17-18-19-20-21-22-23-24-25-26-27-28-29-35(39)34(36-33(2)38)32-43-44(40,41)42-31-30-37(3,4)5/h20-21,24-25,28-29,34-35,39H,6-19,22-23,26-27,30-32H2,1-5H3,(H-,36,38,40,41)/b21-20+,25-24+,29-28+. The molecular weight excluding hydrogens is 575 g/mol. The quantitative estimate of drug-likeness (QED) is 0.0359. The zero-order valence-electron chi connectivity index (χ0n) is 28.9. The minimum atomic E-state index is -4.55. The van der Waals surface area contributed by atoms with Crippen molar-refractivity contribution in [1.29, 1.82) is 0 Å². The third-order valence-corrected chi connectivity index (χ3v) is 8.33. The molecule has 0 bridgehead atoms. The van der Waals surface area contributed by atoms with Crippen molar-refractivity contribution in [2.45, 2.75) is 142 Å². The lowest BCUT2D eigenvalue weighted by Gasteiger charge is -2.29. The van der Waals surface area contributed by atoms with Gasteiger partial charge in [0.1, 0.15) is 13.2 Å². The van der Waals surface area contributed by atoms with Crippen LogP contribution in [-0.4, -0.2) is 68.5 Å². The summed E-state index contributed by atoms with van der Waals surface area (Å²) in [5, 5.41) is 13.0. The van der Waals surface area contributed by atoms with Gasteiger partial charge in [-0.1, -0.05) is 120 Å². The Morgan fingerprint density at radius 1 is 0.773 bits per heavy atom. The Kier molecular flexibility index (Phi) is 27.2. The van der Waals surface area contributed by atoms with Crippen LogP contribution in [0.5, 0.6) is 0 Å². The summed E-state index contributed by atoms with van der Waals surface area (Å²) in [6.07, 6.45) is 34.1. The average molecular weight is 643 g/mol. The summed E-state index contributed by atoms with van der Waals surface area (Å²) in [6, 6.07) is -0.907. The normalized spacial score (nSPS) is 15.3. The molecule has 0 heterocycles. The number of likely N-dealkylation sites (N-methyl/N-ethyl adjacent to an activating group) is 1. The smallest absolute Gasteiger partial charge is 0.268 e. The Morgan fingerprint density at radius 2 is 1.23 bits per heavy atom. The molecule has 0 radical (unpaired) electrons. The highest BCUT2D eigenvalue weighted by Gasteiger charge is 2.22. The number of aliphatic hydroxyl groups excluding tert-OH is 1. The van der Waals surface area contributed by atoms with E-state index < -0.39 is 26.6 Å². The molecule has 3 atom stereocenters. The van der Waals surface area contributed by atoms with Gasteiger partial charge in [0.15, 0.2) is 0 Å². The van der Waals surface area contributed by atoms with E-state index in [1.807, 2.05) is 27.2 Å². The fraction of sp³-hybridized carbons (Fsp3) is 0.800. The topological polar surface area (TPSA) is 108 Å². The van der Waals surface area contributed by atoms with E-state index >= 15 is 0 Å². The summed E-state index contributed by atoms with van der Waals surface area (Å²) in [5.41, 5.74) is 0. The minimum absolute atomic E-state index is 0.0130. The number of carbonyl (C=O) groups is 1. The lowest BCUT2D eigenvalue weighted by atomic mass is 10.0. The summed E-state index contributed by atoms with van der Waals surface area (Å²) in [6.45, 7) is 3.64. The maximum absolute atomic E-state index is 12.0. The SMILES string of the molecule is CCCCCCCCCCCCCCC/C=C/CC/C=C/CC/C=C/C(O)C(COP(=O)([O-])OCC[N+](C)(C)C)NC(C)=O. The lowest BCUT2D eigenvalue weighted by Crippen LogP contribution is -2.45. The zero-order valence-corrected chi connectivity index (χ0v) is 29.7. The van der Waals surface area contributed by atoms with Gasteiger partial charge >= 0.3 is 0 Å². The number of nitrogens with one attached hydrogen (secondary N) is 1. The maximum Gasteiger partial charge on any atom is 0.268 e. The maximum atomic E-state index is 12.0. The molecule has 0 fully saturated rings. The predicted octanol–water partition coefficient (Wildman–Crippen LogP) is 7.77. The Balaban J connectivity index is 3.93. The summed E-state index contributed by atoms with van der Waals surface area (Å²) in [4.78, 5) is 23.6. The van der Waals surface area contributed by atoms with Crippen LogP contribution in [0.25, 0.3) is 0 Å². The number of hydrogen-bond acceptors (Lipinski definition) is 6. The number of allylic oxidation sites excluding steroid dienone is 5. The highest BCUT2D eigenvalue weighted by atomic mass is 31.2. The first-order chi connectivity index (χ1) is 21.0. The summed E-state index contributed by atoms with van der Waals surface area (Å²) >= 11 is 0. The first-order valence-electron chi connectivity index (χ1n) is 17.3. The Bertz CT molecular complexity index is 825. The largest absolute Gasteiger partial charge is 0.756 e. The number of unbranched alkanes of at least 4 members (excludes halogenated alkanes) is 15. The molecule has 0 aromatic heterocycles. The van der Waals surface area contributed by atoms with Gasteiger partial charge in [-0.3, -0.25) is 9.36 Å². The molecular formula is C35H67N2O6P. The number of quaternary nitrogens is 1. The number of phosphoric acid groups is 1. The van der Waals surface area contributed by atoms with Crippen LogP contribution in [0.4, 0.5) is 0 Å². The first-order valence-corrected chi connectivity index (χ1v) is 18.8. The van der Waals surface area contributed by atoms with Crippen LogP contribution >= 0.6 is 7.82 Å². The van der Waals surface area contributed by atoms with Gasteiger partial charge < -0.3 is 28.8 Å². The summed E-state index contributed by atoms with van der Waals surface area (Å²) in [5.74, 6) is -0.390. The van der Waals surface area contributed by atoms with Gasteiger partial charge in [0.25, 0.3) is 7.82 Å². The third-order valence-electron chi connectivity index (χ3n) is 7.37. The van der Waals surface area contributed by atoms with Crippen LogP contribution in [0.2, 0.25) is 0 Å². The molecule has 0 aliphatic rings. The molecule has 0 aliphatic heterocycles. The van der Waals surface area contributed by atoms with Crippen molar-refractivity contribution >= 4 is 13.7 Å². The van der Waals surface area contributed by atoms with Crippen molar-refractivity contribution in [2.75, 3.05) is 40.9 Å². The number of phosphoric ester groups is 1. The van der Waals surface area contributed by atoms with Gasteiger partial charge in [0.2, 0.25) is 5.91 Å². The molecule has 8 nitrogen and oxygen atoms in total. The number of aliphatic hydroxyl groups is 1. The predicted molar refractivity (Wildman–Crippen MR) is 182 cm³/mol. The second kappa shape index (κ2) is 28.0. The second-order valence-electron chi connectivity index (χ2n) is 12.9. The van der Waals surface area contributed by atoms with E-state index in [0.29, 0.717) is 11.0 Å². The molecule has 0 saturated carbocycles. The van der Waals surface area contributed by atoms with Gasteiger partial charge in [0, 0.05) is 6.92 Å². The van der Waals surface area contributed by atoms with Gasteiger partial charge in [-0.15, -0.1) is 0 Å². The highest BCUT2D eigenvalue weighted by molar-refractivity contribution is 7.45. The van der Waals surface area contributed by atoms with E-state index in [4.69, 9.17) is 9.05 Å². The van der Waals surface area contributed by atoms with E-state index in [9.17, 15) is 19.4 Å². The van der Waals surface area contributed by atoms with Crippen LogP contribution < -0.4 is 10.2 Å². The van der Waals surface area contributed by atoms with Crippen LogP contribution in [0, 0.1) is 0 Å². The van der Waals surface area contributed by atoms with E-state index in [1.54, 1.807) is 6.08 Å². The Morgan fingerprint density at radius 3 is 1.70 bits per heavy atom. The average Bonchev–Trinajstić information content (AvgIpc) is 2.94. The fourth-order valence-corrected chi connectivity index (χ4v) is 5.35. The van der Waals surface area contributed by atoms with Crippen molar-refractivity contribution < 1.29 is 32.9 Å². The Hall–Kier alpha value is -1.28. The molecule has 0 rings (SSSR count). The summed E-state index contributed by atoms with van der Waals surface area (Å²) in [7, 11) is 1.22. The van der Waals surface area contributed by atoms with Crippen LogP contribution in [0.1, 0.15) is 129 Å². The summed E-state index contributed by atoms with van der Waals surface area (Å²) < 4.78 is 22.4. The van der Waals surface area contributed by atoms with E-state index in [1.165, 1.54) is 96.8 Å². The monoisotopic (exact) mass is 642 g/mol. The van der Waals surface area contributed by atoms with Gasteiger partial charge in [0.05, 0.1) is 39.9 Å². The molecule has 0 aromatic carbocycles. The molecule has 44 heavy (non-hydrogen) atoms. The molecule has 0 saturated heterocycles. The number of hydrogen-bond donors (Lipinski definition) is 2. The minimum Gasteiger partial charge on any atom is -0.756 e. The first kappa shape index (κ1) is 42.7. The van der Waals surface area contributed by atoms with Crippen LogP contribution in [-0.2, 0) is 18.4 Å². The molecule has 0 aromatic rings. The van der Waals surface area contributed by atoms with E-state index in [2.05, 4.69) is 36.5 Å². The molecule has 258 valence electrons. The third kappa shape index (κ3) is 30.7. The fourth-order valence-electron chi connectivity index (χ4n) is 4.63. The molecule has 9 heteroatoms. The second-order valence-corrected chi connectivity index (χ2v) is 14.4. The van der Waals surface area contributed by atoms with Crippen molar-refractivity contribution in [1.82, 2.24) is 5.32 Å². The van der Waals surface area contributed by atoms with Crippen molar-refractivity contribution in [3.8, 4) is 0 Å². The van der Waals surface area contributed by atoms with Crippen molar-refractivity contribution in [3.05, 3.63) is 36.5 Å². The zero-order chi connectivity index (χ0) is 32.9. The van der Waals surface area contributed by atoms with Crippen LogP contribution in [0.15, 0.2) is 36.5 Å².